The highest BCUT2D eigenvalue weighted by Crippen LogP contribution is 2.29. The van der Waals surface area contributed by atoms with Gasteiger partial charge in [0.05, 0.1) is 7.11 Å². The number of carbonyl (C=O) groups is 1. The summed E-state index contributed by atoms with van der Waals surface area (Å²) in [5.41, 5.74) is 0.846. The molecule has 0 spiro atoms. The monoisotopic (exact) mass is 369 g/mol. The molecular weight excluding hydrogens is 348 g/mol. The number of benzene rings is 1. The number of amides is 1. The van der Waals surface area contributed by atoms with Crippen LogP contribution >= 0.6 is 0 Å². The SMILES string of the molecule is COc1cc(CN(C)CCC(=O)Nc2cc(C)on2)ccc1OC(F)F. The predicted molar refractivity (Wildman–Crippen MR) is 90.4 cm³/mol. The number of aromatic nitrogens is 1. The van der Waals surface area contributed by atoms with Gasteiger partial charge in [0.1, 0.15) is 5.76 Å². The molecule has 0 saturated carbocycles. The number of nitrogens with one attached hydrogen (secondary N) is 1. The molecule has 142 valence electrons. The van der Waals surface area contributed by atoms with Crippen LogP contribution in [0.1, 0.15) is 17.7 Å². The number of carbonyl (C=O) groups excluding carboxylic acids is 1. The highest BCUT2D eigenvalue weighted by Gasteiger charge is 2.13. The van der Waals surface area contributed by atoms with Gasteiger partial charge in [-0.3, -0.25) is 4.79 Å². The Morgan fingerprint density at radius 2 is 2.12 bits per heavy atom. The summed E-state index contributed by atoms with van der Waals surface area (Å²) in [6.07, 6.45) is 0.270. The van der Waals surface area contributed by atoms with Crippen molar-refractivity contribution >= 4 is 11.7 Å². The second kappa shape index (κ2) is 9.14. The fraction of sp³-hybridized carbons (Fsp3) is 0.412. The number of aryl methyl sites for hydroxylation is 1. The lowest BCUT2D eigenvalue weighted by Gasteiger charge is -2.17. The third kappa shape index (κ3) is 5.99. The molecule has 0 fully saturated rings. The van der Waals surface area contributed by atoms with E-state index in [9.17, 15) is 13.6 Å². The number of ether oxygens (including phenoxy) is 2. The van der Waals surface area contributed by atoms with E-state index in [0.29, 0.717) is 24.7 Å². The van der Waals surface area contributed by atoms with E-state index in [2.05, 4.69) is 15.2 Å². The molecule has 2 rings (SSSR count). The highest BCUT2D eigenvalue weighted by atomic mass is 19.3. The van der Waals surface area contributed by atoms with E-state index in [0.717, 1.165) is 5.56 Å². The van der Waals surface area contributed by atoms with Crippen molar-refractivity contribution in [1.29, 1.82) is 0 Å². The van der Waals surface area contributed by atoms with Gasteiger partial charge in [-0.25, -0.2) is 0 Å². The summed E-state index contributed by atoms with van der Waals surface area (Å²) in [4.78, 5) is 13.8. The Balaban J connectivity index is 1.84. The Bertz CT molecular complexity index is 737. The second-order valence-electron chi connectivity index (χ2n) is 5.72. The summed E-state index contributed by atoms with van der Waals surface area (Å²) in [6.45, 7) is -0.158. The fourth-order valence-electron chi connectivity index (χ4n) is 2.32. The lowest BCUT2D eigenvalue weighted by molar-refractivity contribution is -0.116. The van der Waals surface area contributed by atoms with Gasteiger partial charge in [0.25, 0.3) is 0 Å². The van der Waals surface area contributed by atoms with Crippen LogP contribution < -0.4 is 14.8 Å². The van der Waals surface area contributed by atoms with Crippen LogP contribution in [0.25, 0.3) is 0 Å². The van der Waals surface area contributed by atoms with E-state index in [1.54, 1.807) is 25.1 Å². The van der Waals surface area contributed by atoms with Crippen LogP contribution in [0, 0.1) is 6.92 Å². The van der Waals surface area contributed by atoms with E-state index in [4.69, 9.17) is 9.26 Å². The van der Waals surface area contributed by atoms with Crippen molar-refractivity contribution in [3.63, 3.8) is 0 Å². The van der Waals surface area contributed by atoms with E-state index >= 15 is 0 Å². The average Bonchev–Trinajstić information content (AvgIpc) is 2.98. The molecule has 1 amide bonds. The Hall–Kier alpha value is -2.68. The number of methoxy groups -OCH3 is 1. The molecule has 2 aromatic rings. The minimum absolute atomic E-state index is 0.0174. The van der Waals surface area contributed by atoms with Crippen molar-refractivity contribution < 1.29 is 27.6 Å². The van der Waals surface area contributed by atoms with Gasteiger partial charge < -0.3 is 24.2 Å². The molecule has 9 heteroatoms. The number of alkyl halides is 2. The van der Waals surface area contributed by atoms with Crippen LogP contribution in [0.3, 0.4) is 0 Å². The van der Waals surface area contributed by atoms with Crippen LogP contribution in [0.5, 0.6) is 11.5 Å². The molecular formula is C17H21F2N3O4. The number of nitrogens with zero attached hydrogens (tertiary/aromatic N) is 2. The van der Waals surface area contributed by atoms with Crippen molar-refractivity contribution in [1.82, 2.24) is 10.1 Å². The maximum atomic E-state index is 12.3. The van der Waals surface area contributed by atoms with Gasteiger partial charge in [0.15, 0.2) is 17.3 Å². The zero-order valence-electron chi connectivity index (χ0n) is 14.8. The van der Waals surface area contributed by atoms with Crippen LogP contribution in [-0.2, 0) is 11.3 Å². The van der Waals surface area contributed by atoms with Crippen LogP contribution in [0.2, 0.25) is 0 Å². The number of rotatable bonds is 9. The smallest absolute Gasteiger partial charge is 0.387 e. The first-order valence-corrected chi connectivity index (χ1v) is 7.91. The molecule has 0 radical (unpaired) electrons. The number of hydrogen-bond acceptors (Lipinski definition) is 6. The van der Waals surface area contributed by atoms with Crippen molar-refractivity contribution in [3.8, 4) is 11.5 Å². The minimum atomic E-state index is -2.91. The quantitative estimate of drug-likeness (QED) is 0.732. The van der Waals surface area contributed by atoms with Gasteiger partial charge in [0, 0.05) is 25.6 Å². The van der Waals surface area contributed by atoms with Gasteiger partial charge in [0.2, 0.25) is 5.91 Å². The standard InChI is InChI=1S/C17H21F2N3O4/c1-11-8-15(21-26-11)20-16(23)6-7-22(2)10-12-4-5-13(25-17(18)19)14(9-12)24-3/h4-5,8-9,17H,6-7,10H2,1-3H3,(H,20,21,23). The first-order valence-electron chi connectivity index (χ1n) is 7.91. The lowest BCUT2D eigenvalue weighted by atomic mass is 10.2. The Morgan fingerprint density at radius 1 is 1.35 bits per heavy atom. The zero-order chi connectivity index (χ0) is 19.1. The maximum absolute atomic E-state index is 12.3. The molecule has 1 aromatic heterocycles. The molecule has 26 heavy (non-hydrogen) atoms. The molecule has 0 atom stereocenters. The summed E-state index contributed by atoms with van der Waals surface area (Å²) in [5.74, 6) is 1.04. The fourth-order valence-corrected chi connectivity index (χ4v) is 2.32. The Kier molecular flexibility index (Phi) is 6.90. The minimum Gasteiger partial charge on any atom is -0.493 e. The van der Waals surface area contributed by atoms with Crippen molar-refractivity contribution in [2.75, 3.05) is 26.0 Å². The van der Waals surface area contributed by atoms with Gasteiger partial charge in [-0.05, 0) is 31.7 Å². The van der Waals surface area contributed by atoms with Crippen molar-refractivity contribution in [2.45, 2.75) is 26.5 Å². The lowest BCUT2D eigenvalue weighted by Crippen LogP contribution is -2.24. The molecule has 1 heterocycles. The summed E-state index contributed by atoms with van der Waals surface area (Å²) in [6, 6.07) is 6.38. The van der Waals surface area contributed by atoms with Gasteiger partial charge >= 0.3 is 6.61 Å². The first-order chi connectivity index (χ1) is 12.4. The normalized spacial score (nSPS) is 11.0. The summed E-state index contributed by atoms with van der Waals surface area (Å²) < 4.78 is 39.0. The molecule has 1 N–H and O–H groups in total. The molecule has 1 aromatic carbocycles. The summed E-state index contributed by atoms with van der Waals surface area (Å²) in [5, 5.41) is 6.35. The number of hydrogen-bond donors (Lipinski definition) is 1. The maximum Gasteiger partial charge on any atom is 0.387 e. The molecule has 0 unspecified atom stereocenters. The largest absolute Gasteiger partial charge is 0.493 e. The predicted octanol–water partition coefficient (Wildman–Crippen LogP) is 3.05. The van der Waals surface area contributed by atoms with Crippen LogP contribution in [0.15, 0.2) is 28.8 Å². The Labute approximate surface area is 149 Å². The topological polar surface area (TPSA) is 76.8 Å². The van der Waals surface area contributed by atoms with E-state index in [-0.39, 0.29) is 23.8 Å². The first kappa shape index (κ1) is 19.6. The molecule has 0 bridgehead atoms. The Morgan fingerprint density at radius 3 is 2.73 bits per heavy atom. The van der Waals surface area contributed by atoms with Gasteiger partial charge in [-0.2, -0.15) is 8.78 Å². The summed E-state index contributed by atoms with van der Waals surface area (Å²) >= 11 is 0. The zero-order valence-corrected chi connectivity index (χ0v) is 14.8. The van der Waals surface area contributed by atoms with Crippen molar-refractivity contribution in [2.24, 2.45) is 0 Å². The second-order valence-corrected chi connectivity index (χ2v) is 5.72. The van der Waals surface area contributed by atoms with E-state index < -0.39 is 6.61 Å². The third-order valence-electron chi connectivity index (χ3n) is 3.51. The van der Waals surface area contributed by atoms with Crippen LogP contribution in [0.4, 0.5) is 14.6 Å². The molecule has 0 aliphatic heterocycles. The number of halogens is 2. The average molecular weight is 369 g/mol. The van der Waals surface area contributed by atoms with Crippen LogP contribution in [-0.4, -0.2) is 43.3 Å². The third-order valence-corrected chi connectivity index (χ3v) is 3.51. The number of anilines is 1. The van der Waals surface area contributed by atoms with Gasteiger partial charge in [-0.1, -0.05) is 11.2 Å². The van der Waals surface area contributed by atoms with E-state index in [1.165, 1.54) is 13.2 Å². The summed E-state index contributed by atoms with van der Waals surface area (Å²) in [7, 11) is 3.24. The van der Waals surface area contributed by atoms with Crippen molar-refractivity contribution in [3.05, 3.63) is 35.6 Å². The molecule has 7 nitrogen and oxygen atoms in total. The van der Waals surface area contributed by atoms with Gasteiger partial charge in [-0.15, -0.1) is 0 Å². The highest BCUT2D eigenvalue weighted by molar-refractivity contribution is 5.89. The molecule has 0 aliphatic rings. The molecule has 0 saturated heterocycles. The van der Waals surface area contributed by atoms with E-state index in [1.807, 2.05) is 11.9 Å². The molecule has 0 aliphatic carbocycles.